The highest BCUT2D eigenvalue weighted by Crippen LogP contribution is 2.29. The molecule has 2 aromatic rings. The van der Waals surface area contributed by atoms with Crippen molar-refractivity contribution in [3.8, 4) is 5.69 Å². The number of rotatable bonds is 5. The highest BCUT2D eigenvalue weighted by Gasteiger charge is 2.41. The molecule has 1 heterocycles. The number of ether oxygens (including phenoxy) is 1. The minimum absolute atomic E-state index is 0.181. The molecule has 1 aromatic heterocycles. The normalized spacial score (nSPS) is 16.2. The monoisotopic (exact) mass is 341 g/mol. The Balaban J connectivity index is 1.67. The van der Waals surface area contributed by atoms with E-state index >= 15 is 0 Å². The van der Waals surface area contributed by atoms with Crippen LogP contribution in [0.2, 0.25) is 0 Å². The van der Waals surface area contributed by atoms with Gasteiger partial charge in [-0.2, -0.15) is 5.10 Å². The highest BCUT2D eigenvalue weighted by molar-refractivity contribution is 5.89. The third-order valence-corrected chi connectivity index (χ3v) is 4.68. The van der Waals surface area contributed by atoms with Crippen LogP contribution in [-0.2, 0) is 20.7 Å². The number of aromatic nitrogens is 2. The summed E-state index contributed by atoms with van der Waals surface area (Å²) in [5.74, 6) is -0.527. The zero-order valence-electron chi connectivity index (χ0n) is 14.4. The molecule has 6 heteroatoms. The number of nitrogens with zero attached hydrogens (tertiary/aromatic N) is 2. The van der Waals surface area contributed by atoms with E-state index in [0.717, 1.165) is 30.5 Å². The molecule has 25 heavy (non-hydrogen) atoms. The summed E-state index contributed by atoms with van der Waals surface area (Å²) in [7, 11) is 1.37. The van der Waals surface area contributed by atoms with Gasteiger partial charge in [-0.1, -0.05) is 37.5 Å². The van der Waals surface area contributed by atoms with Crippen molar-refractivity contribution in [1.82, 2.24) is 15.1 Å². The third-order valence-electron chi connectivity index (χ3n) is 4.68. The predicted octanol–water partition coefficient (Wildman–Crippen LogP) is 2.41. The van der Waals surface area contributed by atoms with E-state index in [2.05, 4.69) is 10.4 Å². The van der Waals surface area contributed by atoms with E-state index in [1.165, 1.54) is 7.11 Å². The van der Waals surface area contributed by atoms with Crippen LogP contribution in [0.3, 0.4) is 0 Å². The summed E-state index contributed by atoms with van der Waals surface area (Å²) in [6.07, 6.45) is 7.88. The maximum absolute atomic E-state index is 12.5. The summed E-state index contributed by atoms with van der Waals surface area (Å²) in [4.78, 5) is 24.7. The molecular formula is C19H23N3O3. The Morgan fingerprint density at radius 3 is 2.60 bits per heavy atom. The summed E-state index contributed by atoms with van der Waals surface area (Å²) in [6, 6.07) is 9.72. The Labute approximate surface area is 147 Å². The summed E-state index contributed by atoms with van der Waals surface area (Å²) in [6.45, 7) is 0. The van der Waals surface area contributed by atoms with Crippen molar-refractivity contribution in [3.05, 3.63) is 48.3 Å². The van der Waals surface area contributed by atoms with Crippen molar-refractivity contribution < 1.29 is 14.3 Å². The molecule has 0 radical (unpaired) electrons. The smallest absolute Gasteiger partial charge is 0.331 e. The minimum atomic E-state index is -0.875. The van der Waals surface area contributed by atoms with E-state index in [0.29, 0.717) is 12.8 Å². The number of nitrogens with one attached hydrogen (secondary N) is 1. The molecule has 0 atom stereocenters. The molecule has 132 valence electrons. The maximum atomic E-state index is 12.5. The highest BCUT2D eigenvalue weighted by atomic mass is 16.5. The van der Waals surface area contributed by atoms with Gasteiger partial charge in [0.2, 0.25) is 5.91 Å². The second-order valence-corrected chi connectivity index (χ2v) is 6.49. The van der Waals surface area contributed by atoms with Gasteiger partial charge < -0.3 is 10.1 Å². The van der Waals surface area contributed by atoms with Crippen LogP contribution < -0.4 is 5.32 Å². The molecule has 0 aliphatic heterocycles. The molecule has 0 bridgehead atoms. The second-order valence-electron chi connectivity index (χ2n) is 6.49. The van der Waals surface area contributed by atoms with Crippen LogP contribution in [0.4, 0.5) is 0 Å². The second kappa shape index (κ2) is 7.51. The first-order valence-corrected chi connectivity index (χ1v) is 8.61. The quantitative estimate of drug-likeness (QED) is 0.848. The summed E-state index contributed by atoms with van der Waals surface area (Å²) < 4.78 is 6.67. The van der Waals surface area contributed by atoms with Crippen LogP contribution in [0.25, 0.3) is 5.69 Å². The van der Waals surface area contributed by atoms with Gasteiger partial charge in [0.15, 0.2) is 0 Å². The van der Waals surface area contributed by atoms with Crippen LogP contribution in [0, 0.1) is 0 Å². The average Bonchev–Trinajstić information content (AvgIpc) is 3.10. The Kier molecular flexibility index (Phi) is 5.16. The lowest BCUT2D eigenvalue weighted by molar-refractivity contribution is -0.152. The van der Waals surface area contributed by atoms with Gasteiger partial charge in [0.25, 0.3) is 0 Å². The molecule has 0 spiro atoms. The van der Waals surface area contributed by atoms with Crippen LogP contribution in [-0.4, -0.2) is 34.3 Å². The van der Waals surface area contributed by atoms with E-state index in [1.54, 1.807) is 10.9 Å². The molecule has 1 amide bonds. The minimum Gasteiger partial charge on any atom is -0.467 e. The van der Waals surface area contributed by atoms with Crippen molar-refractivity contribution >= 4 is 11.9 Å². The molecular weight excluding hydrogens is 318 g/mol. The number of methoxy groups -OCH3 is 1. The van der Waals surface area contributed by atoms with Crippen molar-refractivity contribution in [2.45, 2.75) is 44.1 Å². The van der Waals surface area contributed by atoms with E-state index in [-0.39, 0.29) is 18.3 Å². The standard InChI is InChI=1S/C19H23N3O3/c1-25-18(24)19(10-6-3-7-11-19)21-17(23)12-15-13-20-22(14-15)16-8-4-2-5-9-16/h2,4-5,8-9,13-14H,3,6-7,10-12H2,1H3,(H,21,23). The van der Waals surface area contributed by atoms with Gasteiger partial charge in [-0.3, -0.25) is 4.79 Å². The number of carbonyl (C=O) groups is 2. The summed E-state index contributed by atoms with van der Waals surface area (Å²) in [5, 5.41) is 7.23. The Morgan fingerprint density at radius 1 is 1.20 bits per heavy atom. The van der Waals surface area contributed by atoms with Crippen LogP contribution in [0.1, 0.15) is 37.7 Å². The Hall–Kier alpha value is -2.63. The fourth-order valence-electron chi connectivity index (χ4n) is 3.40. The number of carbonyl (C=O) groups excluding carboxylic acids is 2. The zero-order valence-corrected chi connectivity index (χ0v) is 14.4. The van der Waals surface area contributed by atoms with Gasteiger partial charge in [-0.25, -0.2) is 9.48 Å². The largest absolute Gasteiger partial charge is 0.467 e. The fraction of sp³-hybridized carbons (Fsp3) is 0.421. The molecule has 1 fully saturated rings. The SMILES string of the molecule is COC(=O)C1(NC(=O)Cc2cnn(-c3ccccc3)c2)CCCCC1. The number of amides is 1. The lowest BCUT2D eigenvalue weighted by Gasteiger charge is -2.35. The van der Waals surface area contributed by atoms with E-state index in [1.807, 2.05) is 36.5 Å². The zero-order chi connectivity index (χ0) is 17.7. The Morgan fingerprint density at radius 2 is 1.92 bits per heavy atom. The van der Waals surface area contributed by atoms with Crippen molar-refractivity contribution in [2.24, 2.45) is 0 Å². The van der Waals surface area contributed by atoms with Gasteiger partial charge in [0.1, 0.15) is 5.54 Å². The molecule has 1 aliphatic carbocycles. The third kappa shape index (κ3) is 3.90. The maximum Gasteiger partial charge on any atom is 0.331 e. The lowest BCUT2D eigenvalue weighted by Crippen LogP contribution is -2.56. The van der Waals surface area contributed by atoms with Gasteiger partial charge in [0.05, 0.1) is 25.4 Å². The molecule has 1 N–H and O–H groups in total. The van der Waals surface area contributed by atoms with E-state index in [4.69, 9.17) is 4.74 Å². The average molecular weight is 341 g/mol. The summed E-state index contributed by atoms with van der Waals surface area (Å²) >= 11 is 0. The first-order chi connectivity index (χ1) is 12.1. The number of benzene rings is 1. The molecule has 3 rings (SSSR count). The van der Waals surface area contributed by atoms with Crippen LogP contribution in [0.5, 0.6) is 0 Å². The van der Waals surface area contributed by atoms with E-state index < -0.39 is 5.54 Å². The molecule has 1 saturated carbocycles. The van der Waals surface area contributed by atoms with Gasteiger partial charge in [0, 0.05) is 6.20 Å². The number of para-hydroxylation sites is 1. The molecule has 1 aromatic carbocycles. The first-order valence-electron chi connectivity index (χ1n) is 8.61. The molecule has 0 unspecified atom stereocenters. The van der Waals surface area contributed by atoms with Gasteiger partial charge in [-0.15, -0.1) is 0 Å². The molecule has 1 aliphatic rings. The number of hydrogen-bond donors (Lipinski definition) is 1. The van der Waals surface area contributed by atoms with Gasteiger partial charge in [-0.05, 0) is 30.5 Å². The fourth-order valence-corrected chi connectivity index (χ4v) is 3.40. The van der Waals surface area contributed by atoms with Crippen LogP contribution in [0.15, 0.2) is 42.7 Å². The first kappa shape index (κ1) is 17.2. The number of hydrogen-bond acceptors (Lipinski definition) is 4. The van der Waals surface area contributed by atoms with Gasteiger partial charge >= 0.3 is 5.97 Å². The van der Waals surface area contributed by atoms with Crippen molar-refractivity contribution in [2.75, 3.05) is 7.11 Å². The van der Waals surface area contributed by atoms with Crippen LogP contribution >= 0.6 is 0 Å². The van der Waals surface area contributed by atoms with Crippen molar-refractivity contribution in [1.29, 1.82) is 0 Å². The lowest BCUT2D eigenvalue weighted by atomic mass is 9.81. The van der Waals surface area contributed by atoms with Crippen molar-refractivity contribution in [3.63, 3.8) is 0 Å². The molecule has 6 nitrogen and oxygen atoms in total. The predicted molar refractivity (Wildman–Crippen MR) is 93.2 cm³/mol. The topological polar surface area (TPSA) is 73.2 Å². The Bertz CT molecular complexity index is 733. The van der Waals surface area contributed by atoms with E-state index in [9.17, 15) is 9.59 Å². The number of esters is 1. The summed E-state index contributed by atoms with van der Waals surface area (Å²) in [5.41, 5.74) is 0.865. The molecule has 0 saturated heterocycles.